The van der Waals surface area contributed by atoms with Gasteiger partial charge in [-0.1, -0.05) is 198 Å². The zero-order valence-corrected chi connectivity index (χ0v) is 32.8. The van der Waals surface area contributed by atoms with Gasteiger partial charge in [-0.3, -0.25) is 0 Å². The Hall–Kier alpha value is -6.70. The summed E-state index contributed by atoms with van der Waals surface area (Å²) in [7, 11) is 0. The van der Waals surface area contributed by atoms with Gasteiger partial charge in [0.1, 0.15) is 0 Å². The highest BCUT2D eigenvalue weighted by atomic mass is 15.2. The number of rotatable bonds is 4. The second-order valence-electron chi connectivity index (χ2n) is 16.9. The molecule has 1 nitrogen and oxygen atoms in total. The zero-order chi connectivity index (χ0) is 38.5. The maximum absolute atomic E-state index is 2.55. The Labute approximate surface area is 335 Å². The average molecular weight is 730 g/mol. The van der Waals surface area contributed by atoms with Crippen molar-refractivity contribution in [2.75, 3.05) is 4.90 Å². The lowest BCUT2D eigenvalue weighted by Gasteiger charge is -2.49. The molecule has 272 valence electrons. The molecule has 9 aromatic carbocycles. The normalized spacial score (nSPS) is 14.6. The molecule has 0 N–H and O–H groups in total. The molecule has 0 saturated heterocycles. The van der Waals surface area contributed by atoms with Crippen molar-refractivity contribution in [2.45, 2.75) is 38.5 Å². The molecule has 0 unspecified atom stereocenters. The van der Waals surface area contributed by atoms with Crippen molar-refractivity contribution in [3.8, 4) is 44.5 Å². The zero-order valence-electron chi connectivity index (χ0n) is 32.8. The van der Waals surface area contributed by atoms with Gasteiger partial charge in [-0.15, -0.1) is 0 Å². The molecule has 0 bridgehead atoms. The Bertz CT molecular complexity index is 3000. The summed E-state index contributed by atoms with van der Waals surface area (Å²) in [6.07, 6.45) is 0. The largest absolute Gasteiger partial charge is 0.309 e. The standard InChI is InChI=1S/C56H43N/c1-55(2)46-25-14-15-28-50(46)57-51-34-33-39(35-49(51)56(3,4)48-27-16-26-47(55)54(48)57)52-42-21-10-12-23-44(42)53(45-24-13-11-22-43(45)52)41-20-9-8-19-40(41)38-31-29-37(30-32-38)36-17-6-5-7-18-36/h5-35H,1-4H3. The number of fused-ring (bicyclic) bond motifs is 6. The summed E-state index contributed by atoms with van der Waals surface area (Å²) in [4.78, 5) is 2.55. The second kappa shape index (κ2) is 12.4. The van der Waals surface area contributed by atoms with Crippen molar-refractivity contribution in [1.29, 1.82) is 0 Å². The molecule has 1 heteroatoms. The van der Waals surface area contributed by atoms with Crippen LogP contribution in [0.3, 0.4) is 0 Å². The third-order valence-corrected chi connectivity index (χ3v) is 13.1. The van der Waals surface area contributed by atoms with Crippen molar-refractivity contribution in [2.24, 2.45) is 0 Å². The number of benzene rings is 9. The number of hydrogen-bond acceptors (Lipinski definition) is 1. The molecular formula is C56H43N. The van der Waals surface area contributed by atoms with Crippen molar-refractivity contribution in [3.05, 3.63) is 210 Å². The van der Waals surface area contributed by atoms with Crippen LogP contribution in [0.5, 0.6) is 0 Å². The highest BCUT2D eigenvalue weighted by Crippen LogP contribution is 2.60. The van der Waals surface area contributed by atoms with Gasteiger partial charge in [-0.05, 0) is 107 Å². The Morgan fingerprint density at radius 2 is 0.772 bits per heavy atom. The van der Waals surface area contributed by atoms with E-state index in [1.54, 1.807) is 0 Å². The number of anilines is 3. The first kappa shape index (κ1) is 33.6. The summed E-state index contributed by atoms with van der Waals surface area (Å²) in [5.41, 5.74) is 19.0. The summed E-state index contributed by atoms with van der Waals surface area (Å²) < 4.78 is 0. The minimum Gasteiger partial charge on any atom is -0.309 e. The Balaban J connectivity index is 1.12. The molecule has 11 rings (SSSR count). The molecule has 0 radical (unpaired) electrons. The molecule has 0 saturated carbocycles. The SMILES string of the molecule is CC1(C)c2ccccc2N2c3ccc(-c4c5ccccc5c(-c5ccccc5-c5ccc(-c6ccccc6)cc5)c5ccccc45)cc3C(C)(C)c3cccc1c32. The Kier molecular flexibility index (Phi) is 7.32. The van der Waals surface area contributed by atoms with Crippen LogP contribution >= 0.6 is 0 Å². The fourth-order valence-corrected chi connectivity index (χ4v) is 10.2. The van der Waals surface area contributed by atoms with Crippen LogP contribution < -0.4 is 4.90 Å². The van der Waals surface area contributed by atoms with Crippen LogP contribution in [0.2, 0.25) is 0 Å². The molecule has 2 heterocycles. The number of nitrogens with zero attached hydrogens (tertiary/aromatic N) is 1. The highest BCUT2D eigenvalue weighted by Gasteiger charge is 2.45. The van der Waals surface area contributed by atoms with Gasteiger partial charge >= 0.3 is 0 Å². The number of para-hydroxylation sites is 2. The molecule has 0 atom stereocenters. The molecule has 57 heavy (non-hydrogen) atoms. The fourth-order valence-electron chi connectivity index (χ4n) is 10.2. The third-order valence-electron chi connectivity index (χ3n) is 13.1. The maximum Gasteiger partial charge on any atom is 0.0543 e. The van der Waals surface area contributed by atoms with E-state index in [1.165, 1.54) is 105 Å². The van der Waals surface area contributed by atoms with Gasteiger partial charge in [-0.2, -0.15) is 0 Å². The molecule has 0 fully saturated rings. The smallest absolute Gasteiger partial charge is 0.0543 e. The van der Waals surface area contributed by atoms with Crippen molar-refractivity contribution >= 4 is 38.6 Å². The van der Waals surface area contributed by atoms with Gasteiger partial charge in [0.15, 0.2) is 0 Å². The van der Waals surface area contributed by atoms with Crippen LogP contribution in [-0.4, -0.2) is 0 Å². The molecule has 0 aliphatic carbocycles. The summed E-state index contributed by atoms with van der Waals surface area (Å²) in [5.74, 6) is 0. The summed E-state index contributed by atoms with van der Waals surface area (Å²) >= 11 is 0. The lowest BCUT2D eigenvalue weighted by atomic mass is 9.66. The van der Waals surface area contributed by atoms with Gasteiger partial charge in [-0.25, -0.2) is 0 Å². The van der Waals surface area contributed by atoms with E-state index in [1.807, 2.05) is 0 Å². The van der Waals surface area contributed by atoms with Crippen molar-refractivity contribution < 1.29 is 0 Å². The monoisotopic (exact) mass is 729 g/mol. The van der Waals surface area contributed by atoms with Crippen molar-refractivity contribution in [1.82, 2.24) is 0 Å². The highest BCUT2D eigenvalue weighted by molar-refractivity contribution is 6.22. The minimum atomic E-state index is -0.212. The molecule has 2 aliphatic heterocycles. The van der Waals surface area contributed by atoms with Crippen LogP contribution in [0.25, 0.3) is 66.1 Å². The summed E-state index contributed by atoms with van der Waals surface area (Å²) in [6.45, 7) is 9.59. The topological polar surface area (TPSA) is 3.24 Å². The number of hydrogen-bond donors (Lipinski definition) is 0. The lowest BCUT2D eigenvalue weighted by Crippen LogP contribution is -2.38. The van der Waals surface area contributed by atoms with Crippen LogP contribution in [0.15, 0.2) is 188 Å². The quantitative estimate of drug-likeness (QED) is 0.163. The van der Waals surface area contributed by atoms with E-state index in [-0.39, 0.29) is 10.8 Å². The van der Waals surface area contributed by atoms with E-state index in [0.717, 1.165) is 0 Å². The van der Waals surface area contributed by atoms with E-state index in [4.69, 9.17) is 0 Å². The Morgan fingerprint density at radius 1 is 0.316 bits per heavy atom. The molecule has 0 aromatic heterocycles. The van der Waals surface area contributed by atoms with E-state index >= 15 is 0 Å². The minimum absolute atomic E-state index is 0.101. The van der Waals surface area contributed by atoms with Crippen molar-refractivity contribution in [3.63, 3.8) is 0 Å². The van der Waals surface area contributed by atoms with Gasteiger partial charge in [0.25, 0.3) is 0 Å². The van der Waals surface area contributed by atoms with Crippen LogP contribution in [0.1, 0.15) is 49.9 Å². The molecule has 2 aliphatic rings. The van der Waals surface area contributed by atoms with E-state index in [0.29, 0.717) is 0 Å². The first-order valence-corrected chi connectivity index (χ1v) is 20.2. The molecule has 0 amide bonds. The molecule has 0 spiro atoms. The van der Waals surface area contributed by atoms with Crippen LogP contribution in [0, 0.1) is 0 Å². The predicted molar refractivity (Wildman–Crippen MR) is 242 cm³/mol. The predicted octanol–water partition coefficient (Wildman–Crippen LogP) is 15.4. The van der Waals surface area contributed by atoms with E-state index in [9.17, 15) is 0 Å². The first-order valence-electron chi connectivity index (χ1n) is 20.2. The molecular weight excluding hydrogens is 687 g/mol. The fraction of sp³-hybridized carbons (Fsp3) is 0.107. The lowest BCUT2D eigenvalue weighted by molar-refractivity contribution is 0.597. The van der Waals surface area contributed by atoms with Gasteiger partial charge in [0, 0.05) is 10.8 Å². The average Bonchev–Trinajstić information content (AvgIpc) is 3.26. The molecule has 9 aromatic rings. The van der Waals surface area contributed by atoms with Crippen LogP contribution in [-0.2, 0) is 10.8 Å². The third kappa shape index (κ3) is 4.88. The van der Waals surface area contributed by atoms with E-state index in [2.05, 4.69) is 221 Å². The van der Waals surface area contributed by atoms with Gasteiger partial charge < -0.3 is 4.90 Å². The first-order chi connectivity index (χ1) is 27.8. The second-order valence-corrected chi connectivity index (χ2v) is 16.9. The Morgan fingerprint density at radius 3 is 1.44 bits per heavy atom. The van der Waals surface area contributed by atoms with Gasteiger partial charge in [0.2, 0.25) is 0 Å². The maximum atomic E-state index is 2.55. The summed E-state index contributed by atoms with van der Waals surface area (Å²) in [6, 6.07) is 69.9. The van der Waals surface area contributed by atoms with Gasteiger partial charge in [0.05, 0.1) is 17.1 Å². The van der Waals surface area contributed by atoms with Crippen LogP contribution in [0.4, 0.5) is 17.1 Å². The van der Waals surface area contributed by atoms with E-state index < -0.39 is 0 Å². The summed E-state index contributed by atoms with van der Waals surface area (Å²) in [5, 5.41) is 5.06.